The van der Waals surface area contributed by atoms with Gasteiger partial charge < -0.3 is 20.6 Å². The number of nitrogens with zero attached hydrogens (tertiary/aromatic N) is 2. The highest BCUT2D eigenvalue weighted by Crippen LogP contribution is 2.30. The number of carbonyl (C=O) groups excluding carboxylic acids is 2. The van der Waals surface area contributed by atoms with Gasteiger partial charge in [-0.25, -0.2) is 4.79 Å². The van der Waals surface area contributed by atoms with Crippen LogP contribution in [0.3, 0.4) is 0 Å². The first kappa shape index (κ1) is 28.1. The summed E-state index contributed by atoms with van der Waals surface area (Å²) in [5, 5.41) is 20.6. The fraction of sp³-hybridized carbons (Fsp3) is 0.167. The van der Waals surface area contributed by atoms with Crippen LogP contribution >= 0.6 is 23.2 Å². The zero-order valence-corrected chi connectivity index (χ0v) is 23.2. The second-order valence-corrected chi connectivity index (χ2v) is 10.5. The van der Waals surface area contributed by atoms with Gasteiger partial charge in [0.1, 0.15) is 6.04 Å². The van der Waals surface area contributed by atoms with E-state index in [1.807, 2.05) is 30.3 Å². The van der Waals surface area contributed by atoms with Crippen molar-refractivity contribution in [3.05, 3.63) is 106 Å². The minimum Gasteiger partial charge on any atom is -0.480 e. The molecule has 0 saturated heterocycles. The van der Waals surface area contributed by atoms with Crippen molar-refractivity contribution in [3.8, 4) is 0 Å². The van der Waals surface area contributed by atoms with Crippen molar-refractivity contribution in [2.24, 2.45) is 5.16 Å². The summed E-state index contributed by atoms with van der Waals surface area (Å²) in [4.78, 5) is 47.8. The summed E-state index contributed by atoms with van der Waals surface area (Å²) in [6.45, 7) is 1.57. The number of carbonyl (C=O) groups is 3. The molecular weight excluding hydrogens is 567 g/mol. The molecule has 3 N–H and O–H groups in total. The van der Waals surface area contributed by atoms with Crippen LogP contribution in [0.2, 0.25) is 10.0 Å². The van der Waals surface area contributed by atoms with Gasteiger partial charge in [-0.15, -0.1) is 0 Å². The molecule has 41 heavy (non-hydrogen) atoms. The largest absolute Gasteiger partial charge is 0.480 e. The molecule has 1 aliphatic rings. The predicted molar refractivity (Wildman–Crippen MR) is 157 cm³/mol. The van der Waals surface area contributed by atoms with Crippen LogP contribution in [-0.4, -0.2) is 45.2 Å². The number of pyridine rings is 1. The summed E-state index contributed by atoms with van der Waals surface area (Å²) < 4.78 is 0. The van der Waals surface area contributed by atoms with E-state index in [1.54, 1.807) is 55.6 Å². The van der Waals surface area contributed by atoms with Crippen molar-refractivity contribution in [1.29, 1.82) is 0 Å². The standard InChI is InChI=1S/C30H24Cl2N4O5/c1-30(16-25(36-41-30)20-5-2-9-23-19(20)6-4-14-33-23)29(40)35-24(28(38)39)15-17-10-12-18(13-11-17)34-27(37)26-21(31)7-3-8-22(26)32/h2-14,24H,15-16H2,1H3,(H,34,37)(H,35,40)(H,38,39)/t24-,30?/m0/s1. The molecule has 0 saturated carbocycles. The van der Waals surface area contributed by atoms with Crippen molar-refractivity contribution in [2.45, 2.75) is 31.4 Å². The number of fused-ring (bicyclic) bond motifs is 1. The summed E-state index contributed by atoms with van der Waals surface area (Å²) in [7, 11) is 0. The van der Waals surface area contributed by atoms with Crippen LogP contribution in [0.1, 0.15) is 34.8 Å². The molecule has 0 aliphatic carbocycles. The number of benzene rings is 3. The van der Waals surface area contributed by atoms with Crippen molar-refractivity contribution < 1.29 is 24.3 Å². The molecular formula is C30H24Cl2N4O5. The highest BCUT2D eigenvalue weighted by atomic mass is 35.5. The fourth-order valence-corrected chi connectivity index (χ4v) is 5.11. The molecule has 11 heteroatoms. The second kappa shape index (κ2) is 11.6. The molecule has 4 aromatic rings. The number of aromatic nitrogens is 1. The van der Waals surface area contributed by atoms with E-state index >= 15 is 0 Å². The number of amides is 2. The van der Waals surface area contributed by atoms with Crippen LogP contribution in [0, 0.1) is 0 Å². The van der Waals surface area contributed by atoms with Gasteiger partial charge in [-0.3, -0.25) is 14.6 Å². The van der Waals surface area contributed by atoms with Gasteiger partial charge in [-0.1, -0.05) is 64.8 Å². The lowest BCUT2D eigenvalue weighted by molar-refractivity contribution is -0.148. The number of hydrogen-bond acceptors (Lipinski definition) is 6. The quantitative estimate of drug-likeness (QED) is 0.249. The van der Waals surface area contributed by atoms with Gasteiger partial charge in [-0.05, 0) is 48.9 Å². The molecule has 3 aromatic carbocycles. The van der Waals surface area contributed by atoms with E-state index in [4.69, 9.17) is 28.0 Å². The Hall–Kier alpha value is -4.47. The third kappa shape index (κ3) is 6.01. The van der Waals surface area contributed by atoms with Crippen molar-refractivity contribution >= 4 is 63.3 Å². The minimum absolute atomic E-state index is 0.00439. The van der Waals surface area contributed by atoms with E-state index in [1.165, 1.54) is 0 Å². The molecule has 9 nitrogen and oxygen atoms in total. The topological polar surface area (TPSA) is 130 Å². The Morgan fingerprint density at radius 2 is 1.71 bits per heavy atom. The van der Waals surface area contributed by atoms with Gasteiger partial charge in [-0.2, -0.15) is 0 Å². The van der Waals surface area contributed by atoms with E-state index < -0.39 is 29.4 Å². The number of carboxylic acids is 1. The average molecular weight is 591 g/mol. The number of aliphatic carboxylic acids is 1. The highest BCUT2D eigenvalue weighted by molar-refractivity contribution is 6.40. The number of oxime groups is 1. The maximum atomic E-state index is 13.2. The third-order valence-electron chi connectivity index (χ3n) is 6.74. The summed E-state index contributed by atoms with van der Waals surface area (Å²) in [5.74, 6) is -2.27. The highest BCUT2D eigenvalue weighted by Gasteiger charge is 2.44. The van der Waals surface area contributed by atoms with Crippen LogP contribution < -0.4 is 10.6 Å². The van der Waals surface area contributed by atoms with Crippen LogP contribution in [-0.2, 0) is 20.8 Å². The molecule has 1 aromatic heterocycles. The molecule has 208 valence electrons. The van der Waals surface area contributed by atoms with E-state index in [2.05, 4.69) is 20.8 Å². The van der Waals surface area contributed by atoms with Crippen molar-refractivity contribution in [3.63, 3.8) is 0 Å². The summed E-state index contributed by atoms with van der Waals surface area (Å²) in [5.41, 5.74) is 2.02. The molecule has 2 atom stereocenters. The van der Waals surface area contributed by atoms with E-state index in [-0.39, 0.29) is 28.5 Å². The molecule has 2 amide bonds. The monoisotopic (exact) mass is 590 g/mol. The van der Waals surface area contributed by atoms with Crippen LogP contribution in [0.15, 0.2) is 84.1 Å². The maximum absolute atomic E-state index is 13.2. The average Bonchev–Trinajstić information content (AvgIpc) is 3.36. The SMILES string of the molecule is CC1(C(=O)N[C@@H](Cc2ccc(NC(=O)c3c(Cl)cccc3Cl)cc2)C(=O)O)CC(c2cccc3ncccc23)=NO1. The van der Waals surface area contributed by atoms with Gasteiger partial charge >= 0.3 is 5.97 Å². The first-order valence-electron chi connectivity index (χ1n) is 12.6. The van der Waals surface area contributed by atoms with Crippen LogP contribution in [0.25, 0.3) is 10.9 Å². The summed E-state index contributed by atoms with van der Waals surface area (Å²) in [6, 6.07) is 19.5. The lowest BCUT2D eigenvalue weighted by atomic mass is 9.92. The molecule has 0 radical (unpaired) electrons. The lowest BCUT2D eigenvalue weighted by Gasteiger charge is -2.23. The van der Waals surface area contributed by atoms with Gasteiger partial charge in [0.05, 0.1) is 26.8 Å². The first-order valence-corrected chi connectivity index (χ1v) is 13.4. The van der Waals surface area contributed by atoms with Crippen molar-refractivity contribution in [1.82, 2.24) is 10.3 Å². The number of nitrogens with one attached hydrogen (secondary N) is 2. The van der Waals surface area contributed by atoms with Gasteiger partial charge in [0, 0.05) is 35.7 Å². The van der Waals surface area contributed by atoms with Gasteiger partial charge in [0.25, 0.3) is 11.8 Å². The smallest absolute Gasteiger partial charge is 0.326 e. The van der Waals surface area contributed by atoms with E-state index in [9.17, 15) is 19.5 Å². The number of halogens is 2. The van der Waals surface area contributed by atoms with Gasteiger partial charge in [0.2, 0.25) is 5.60 Å². The second-order valence-electron chi connectivity index (χ2n) is 9.73. The minimum atomic E-state index is -1.39. The zero-order chi connectivity index (χ0) is 29.1. The lowest BCUT2D eigenvalue weighted by Crippen LogP contribution is -2.51. The Morgan fingerprint density at radius 1 is 1.00 bits per heavy atom. The number of rotatable bonds is 8. The molecule has 1 aliphatic heterocycles. The Kier molecular flexibility index (Phi) is 7.92. The molecule has 5 rings (SSSR count). The Bertz CT molecular complexity index is 1670. The first-order chi connectivity index (χ1) is 19.6. The van der Waals surface area contributed by atoms with Gasteiger partial charge in [0.15, 0.2) is 0 Å². The molecule has 2 heterocycles. The van der Waals surface area contributed by atoms with Crippen LogP contribution in [0.5, 0.6) is 0 Å². The maximum Gasteiger partial charge on any atom is 0.326 e. The number of hydrogen-bond donors (Lipinski definition) is 3. The fourth-order valence-electron chi connectivity index (χ4n) is 4.54. The summed E-state index contributed by atoms with van der Waals surface area (Å²) >= 11 is 12.2. The van der Waals surface area contributed by atoms with E-state index in [0.29, 0.717) is 17.0 Å². The molecule has 0 fully saturated rings. The van der Waals surface area contributed by atoms with E-state index in [0.717, 1.165) is 16.5 Å². The zero-order valence-electron chi connectivity index (χ0n) is 21.7. The molecule has 1 unspecified atom stereocenters. The Balaban J connectivity index is 1.23. The van der Waals surface area contributed by atoms with Crippen molar-refractivity contribution in [2.75, 3.05) is 5.32 Å². The summed E-state index contributed by atoms with van der Waals surface area (Å²) in [6.07, 6.45) is 1.86. The number of carboxylic acid groups (broad SMARTS) is 1. The molecule has 0 spiro atoms. The third-order valence-corrected chi connectivity index (χ3v) is 7.37. The number of anilines is 1. The molecule has 0 bridgehead atoms. The van der Waals surface area contributed by atoms with Crippen LogP contribution in [0.4, 0.5) is 5.69 Å². The Morgan fingerprint density at radius 3 is 2.41 bits per heavy atom. The Labute approximate surface area is 245 Å². The normalized spacial score (nSPS) is 16.9. The predicted octanol–water partition coefficient (Wildman–Crippen LogP) is 5.49.